The van der Waals surface area contributed by atoms with E-state index in [1.54, 1.807) is 0 Å². The summed E-state index contributed by atoms with van der Waals surface area (Å²) in [5.74, 6) is 0. The quantitative estimate of drug-likeness (QED) is 0.551. The second-order valence-electron chi connectivity index (χ2n) is 5.44. The van der Waals surface area contributed by atoms with Crippen molar-refractivity contribution in [3.63, 3.8) is 0 Å². The van der Waals surface area contributed by atoms with Gasteiger partial charge in [0.2, 0.25) is 5.16 Å². The predicted octanol–water partition coefficient (Wildman–Crippen LogP) is 2.26. The first-order chi connectivity index (χ1) is 11.1. The number of hydrogen-bond acceptors (Lipinski definition) is 6. The topological polar surface area (TPSA) is 86.8 Å². The summed E-state index contributed by atoms with van der Waals surface area (Å²) in [7, 11) is 4.01. The van der Waals surface area contributed by atoms with Gasteiger partial charge in [0.15, 0.2) is 5.65 Å². The van der Waals surface area contributed by atoms with E-state index in [0.717, 1.165) is 41.1 Å². The smallest absolute Gasteiger partial charge is 0.286 e. The van der Waals surface area contributed by atoms with Crippen LogP contribution in [0.5, 0.6) is 0 Å². The zero-order valence-corrected chi connectivity index (χ0v) is 13.9. The van der Waals surface area contributed by atoms with E-state index in [4.69, 9.17) is 0 Å². The molecule has 0 aliphatic rings. The Morgan fingerprint density at radius 3 is 2.96 bits per heavy atom. The molecule has 0 aliphatic heterocycles. The van der Waals surface area contributed by atoms with Gasteiger partial charge in [0.25, 0.3) is 5.24 Å². The fourth-order valence-electron chi connectivity index (χ4n) is 2.25. The first-order valence-electron chi connectivity index (χ1n) is 7.35. The molecule has 3 aromatic rings. The van der Waals surface area contributed by atoms with Gasteiger partial charge in [0.05, 0.1) is 0 Å². The Balaban J connectivity index is 1.66. The molecule has 120 valence electrons. The number of amides is 1. The predicted molar refractivity (Wildman–Crippen MR) is 91.6 cm³/mol. The highest BCUT2D eigenvalue weighted by Crippen LogP contribution is 2.23. The van der Waals surface area contributed by atoms with Crippen LogP contribution in [0.3, 0.4) is 0 Å². The van der Waals surface area contributed by atoms with Gasteiger partial charge >= 0.3 is 0 Å². The van der Waals surface area contributed by atoms with Crippen LogP contribution < -0.4 is 5.32 Å². The average molecular weight is 330 g/mol. The molecule has 2 aromatic heterocycles. The number of aromatic nitrogens is 4. The number of nitrogens with zero attached hydrogens (tertiary/aromatic N) is 4. The maximum atomic E-state index is 11.9. The number of carbonyl (C=O) groups is 1. The van der Waals surface area contributed by atoms with Crippen molar-refractivity contribution in [2.75, 3.05) is 27.2 Å². The van der Waals surface area contributed by atoms with E-state index in [-0.39, 0.29) is 5.24 Å². The summed E-state index contributed by atoms with van der Waals surface area (Å²) in [4.78, 5) is 21.5. The Bertz CT molecular complexity index is 831. The molecule has 7 nitrogen and oxygen atoms in total. The molecule has 0 saturated heterocycles. The fraction of sp³-hybridized carbons (Fsp3) is 0.333. The van der Waals surface area contributed by atoms with Gasteiger partial charge in [-0.1, -0.05) is 18.2 Å². The van der Waals surface area contributed by atoms with Crippen LogP contribution in [-0.2, 0) is 0 Å². The fourth-order valence-corrected chi connectivity index (χ4v) is 2.81. The van der Waals surface area contributed by atoms with Crippen molar-refractivity contribution in [3.05, 3.63) is 24.3 Å². The lowest BCUT2D eigenvalue weighted by Gasteiger charge is -2.09. The first-order valence-corrected chi connectivity index (χ1v) is 8.16. The molecule has 2 N–H and O–H groups in total. The zero-order valence-electron chi connectivity index (χ0n) is 13.0. The van der Waals surface area contributed by atoms with E-state index >= 15 is 0 Å². The number of carbonyl (C=O) groups excluding carboxylic acids is 1. The van der Waals surface area contributed by atoms with Gasteiger partial charge in [-0.15, -0.1) is 10.2 Å². The maximum Gasteiger partial charge on any atom is 0.286 e. The molecular formula is C15H18N6OS. The number of nitrogens with one attached hydrogen (secondary N) is 2. The number of benzene rings is 1. The van der Waals surface area contributed by atoms with Gasteiger partial charge in [-0.3, -0.25) is 4.79 Å². The van der Waals surface area contributed by atoms with Gasteiger partial charge < -0.3 is 15.2 Å². The van der Waals surface area contributed by atoms with E-state index < -0.39 is 0 Å². The molecule has 0 saturated carbocycles. The van der Waals surface area contributed by atoms with Crippen molar-refractivity contribution in [2.45, 2.75) is 11.6 Å². The third-order valence-electron chi connectivity index (χ3n) is 3.34. The summed E-state index contributed by atoms with van der Waals surface area (Å²) in [6, 6.07) is 7.82. The van der Waals surface area contributed by atoms with Gasteiger partial charge in [-0.2, -0.15) is 0 Å². The zero-order chi connectivity index (χ0) is 16.2. The van der Waals surface area contributed by atoms with Crippen LogP contribution in [0.4, 0.5) is 4.79 Å². The van der Waals surface area contributed by atoms with Crippen LogP contribution in [0.15, 0.2) is 29.4 Å². The summed E-state index contributed by atoms with van der Waals surface area (Å²) in [5.41, 5.74) is 2.32. The summed E-state index contributed by atoms with van der Waals surface area (Å²) in [6.07, 6.45) is 0.902. The Kier molecular flexibility index (Phi) is 4.73. The van der Waals surface area contributed by atoms with Crippen molar-refractivity contribution in [3.8, 4) is 0 Å². The van der Waals surface area contributed by atoms with Gasteiger partial charge in [-0.05, 0) is 33.1 Å². The molecule has 1 amide bonds. The van der Waals surface area contributed by atoms with Crippen LogP contribution in [0.2, 0.25) is 0 Å². The first kappa shape index (κ1) is 15.7. The highest BCUT2D eigenvalue weighted by atomic mass is 32.2. The largest absolute Gasteiger partial charge is 0.347 e. The summed E-state index contributed by atoms with van der Waals surface area (Å²) < 4.78 is 0. The van der Waals surface area contributed by atoms with Crippen molar-refractivity contribution >= 4 is 39.1 Å². The molecule has 23 heavy (non-hydrogen) atoms. The maximum absolute atomic E-state index is 11.9. The Hall–Kier alpha value is -2.19. The van der Waals surface area contributed by atoms with Crippen molar-refractivity contribution in [2.24, 2.45) is 0 Å². The third kappa shape index (κ3) is 3.77. The number of H-pyrrole nitrogens is 1. The average Bonchev–Trinajstić information content (AvgIpc) is 2.89. The van der Waals surface area contributed by atoms with E-state index in [1.807, 2.05) is 38.4 Å². The van der Waals surface area contributed by atoms with Crippen LogP contribution >= 0.6 is 11.8 Å². The highest BCUT2D eigenvalue weighted by Gasteiger charge is 2.12. The summed E-state index contributed by atoms with van der Waals surface area (Å²) in [5, 5.41) is 12.2. The summed E-state index contributed by atoms with van der Waals surface area (Å²) in [6.45, 7) is 1.57. The van der Waals surface area contributed by atoms with Crippen molar-refractivity contribution < 1.29 is 4.79 Å². The van der Waals surface area contributed by atoms with Crippen LogP contribution in [0.25, 0.3) is 22.1 Å². The highest BCUT2D eigenvalue weighted by molar-refractivity contribution is 8.13. The number of para-hydroxylation sites is 1. The van der Waals surface area contributed by atoms with Crippen LogP contribution in [-0.4, -0.2) is 57.5 Å². The van der Waals surface area contributed by atoms with E-state index in [0.29, 0.717) is 17.3 Å². The minimum absolute atomic E-state index is 0.166. The lowest BCUT2D eigenvalue weighted by atomic mass is 10.2. The SMILES string of the molecule is CN(C)CCCNC(=O)Sc1nnc2c(n1)[nH]c1ccccc12. The molecular weight excluding hydrogens is 312 g/mol. The molecule has 0 radical (unpaired) electrons. The van der Waals surface area contributed by atoms with Crippen LogP contribution in [0, 0.1) is 0 Å². The summed E-state index contributed by atoms with van der Waals surface area (Å²) >= 11 is 0.959. The van der Waals surface area contributed by atoms with E-state index in [1.165, 1.54) is 0 Å². The molecule has 2 heterocycles. The van der Waals surface area contributed by atoms with Crippen molar-refractivity contribution in [1.29, 1.82) is 0 Å². The molecule has 0 unspecified atom stereocenters. The second kappa shape index (κ2) is 6.93. The Morgan fingerprint density at radius 1 is 1.30 bits per heavy atom. The Labute approximate surface area is 137 Å². The van der Waals surface area contributed by atoms with Crippen LogP contribution in [0.1, 0.15) is 6.42 Å². The third-order valence-corrected chi connectivity index (χ3v) is 4.02. The number of fused-ring (bicyclic) bond motifs is 3. The molecule has 0 spiro atoms. The minimum Gasteiger partial charge on any atom is -0.347 e. The number of hydrogen-bond donors (Lipinski definition) is 2. The molecule has 0 atom stereocenters. The van der Waals surface area contributed by atoms with Gasteiger partial charge in [0.1, 0.15) is 5.52 Å². The van der Waals surface area contributed by atoms with E-state index in [2.05, 4.69) is 30.4 Å². The van der Waals surface area contributed by atoms with E-state index in [9.17, 15) is 4.79 Å². The molecule has 8 heteroatoms. The number of rotatable bonds is 5. The lowest BCUT2D eigenvalue weighted by Crippen LogP contribution is -2.24. The number of aromatic amines is 1. The van der Waals surface area contributed by atoms with Crippen molar-refractivity contribution in [1.82, 2.24) is 30.4 Å². The van der Waals surface area contributed by atoms with Gasteiger partial charge in [-0.25, -0.2) is 4.98 Å². The van der Waals surface area contributed by atoms with Gasteiger partial charge in [0, 0.05) is 29.2 Å². The molecule has 0 aliphatic carbocycles. The molecule has 3 rings (SSSR count). The standard InChI is InChI=1S/C15H18N6OS/c1-21(2)9-5-8-16-15(22)23-14-18-13-12(19-20-14)10-6-3-4-7-11(10)17-13/h3-4,6-7H,5,8-9H2,1-2H3,(H,16,22)(H,17,18,20). The second-order valence-corrected chi connectivity index (χ2v) is 6.38. The number of thioether (sulfide) groups is 1. The minimum atomic E-state index is -0.166. The normalized spacial score (nSPS) is 11.4. The molecule has 0 bridgehead atoms. The molecule has 0 fully saturated rings. The molecule has 1 aromatic carbocycles. The monoisotopic (exact) mass is 330 g/mol. The Morgan fingerprint density at radius 2 is 2.13 bits per heavy atom. The lowest BCUT2D eigenvalue weighted by molar-refractivity contribution is 0.260.